The molecule has 9 heteroatoms. The van der Waals surface area contributed by atoms with Gasteiger partial charge in [0.2, 0.25) is 0 Å². The van der Waals surface area contributed by atoms with Gasteiger partial charge in [-0.2, -0.15) is 0 Å². The summed E-state index contributed by atoms with van der Waals surface area (Å²) in [5.74, 6) is -2.81. The van der Waals surface area contributed by atoms with Gasteiger partial charge in [-0.1, -0.05) is 71.9 Å². The highest BCUT2D eigenvalue weighted by Crippen LogP contribution is 2.41. The Bertz CT molecular complexity index is 1790. The number of fused-ring (bicyclic) bond motifs is 2. The summed E-state index contributed by atoms with van der Waals surface area (Å²) in [7, 11) is 0. The number of amides is 1. The van der Waals surface area contributed by atoms with E-state index in [1.807, 2.05) is 41.5 Å². The number of carbonyl (C=O) groups excluding carboxylic acids is 3. The van der Waals surface area contributed by atoms with E-state index in [2.05, 4.69) is 10.3 Å². The van der Waals surface area contributed by atoms with Crippen LogP contribution in [0.4, 0.5) is 11.4 Å². The summed E-state index contributed by atoms with van der Waals surface area (Å²) in [5.41, 5.74) is 1.03. The van der Waals surface area contributed by atoms with Crippen molar-refractivity contribution in [3.8, 4) is 5.75 Å². The van der Waals surface area contributed by atoms with Crippen LogP contribution in [0.2, 0.25) is 0 Å². The molecular weight excluding hydrogens is 534 g/mol. The Hall–Kier alpha value is -4.92. The van der Waals surface area contributed by atoms with E-state index in [1.54, 1.807) is 42.5 Å². The number of Topliss-reactive ketones (excluding diaryl/α,β-unsaturated/α-hetero) is 2. The number of nitrogens with one attached hydrogen (secondary N) is 1. The van der Waals surface area contributed by atoms with Gasteiger partial charge in [0.05, 0.1) is 21.8 Å². The van der Waals surface area contributed by atoms with E-state index in [4.69, 9.17) is 0 Å². The molecule has 0 radical (unpaired) electrons. The molecule has 1 atom stereocenters. The van der Waals surface area contributed by atoms with Gasteiger partial charge >= 0.3 is 0 Å². The van der Waals surface area contributed by atoms with E-state index < -0.39 is 44.8 Å². The molecule has 42 heavy (non-hydrogen) atoms. The number of carbonyl (C=O) groups is 3. The van der Waals surface area contributed by atoms with E-state index in [-0.39, 0.29) is 22.6 Å². The average molecular weight is 566 g/mol. The number of nitro groups is 1. The largest absolute Gasteiger partial charge is 0.507 e. The van der Waals surface area contributed by atoms with Crippen molar-refractivity contribution in [1.82, 2.24) is 4.98 Å². The molecule has 1 aliphatic rings. The predicted octanol–water partition coefficient (Wildman–Crippen LogP) is 6.86. The predicted molar refractivity (Wildman–Crippen MR) is 160 cm³/mol. The summed E-state index contributed by atoms with van der Waals surface area (Å²) in [5, 5.41) is 26.2. The molecule has 1 heterocycles. The van der Waals surface area contributed by atoms with Crippen LogP contribution in [0.3, 0.4) is 0 Å². The van der Waals surface area contributed by atoms with Gasteiger partial charge in [-0.3, -0.25) is 24.5 Å². The average Bonchev–Trinajstić information content (AvgIpc) is 3.17. The number of hydrogen-bond acceptors (Lipinski definition) is 7. The van der Waals surface area contributed by atoms with Crippen LogP contribution in [-0.4, -0.2) is 32.5 Å². The van der Waals surface area contributed by atoms with Gasteiger partial charge in [0, 0.05) is 33.7 Å². The first kappa shape index (κ1) is 28.6. The van der Waals surface area contributed by atoms with Gasteiger partial charge in [0.1, 0.15) is 17.2 Å². The van der Waals surface area contributed by atoms with Gasteiger partial charge in [0.25, 0.3) is 11.6 Å². The fourth-order valence-electron chi connectivity index (χ4n) is 5.37. The highest BCUT2D eigenvalue weighted by atomic mass is 16.6. The van der Waals surface area contributed by atoms with Gasteiger partial charge in [-0.25, -0.2) is 4.98 Å². The highest BCUT2D eigenvalue weighted by molar-refractivity contribution is 6.31. The van der Waals surface area contributed by atoms with Crippen LogP contribution < -0.4 is 5.32 Å². The zero-order valence-corrected chi connectivity index (χ0v) is 24.2. The van der Waals surface area contributed by atoms with E-state index in [0.29, 0.717) is 33.3 Å². The van der Waals surface area contributed by atoms with Crippen molar-refractivity contribution in [2.75, 3.05) is 5.32 Å². The lowest BCUT2D eigenvalue weighted by Crippen LogP contribution is -2.21. The Morgan fingerprint density at radius 1 is 0.905 bits per heavy atom. The number of benzene rings is 3. The van der Waals surface area contributed by atoms with Crippen LogP contribution in [0.5, 0.6) is 5.75 Å². The number of phenolic OH excluding ortho intramolecular Hbond substituents is 1. The van der Waals surface area contributed by atoms with Crippen LogP contribution in [-0.2, 0) is 10.8 Å². The molecule has 0 spiro atoms. The molecule has 3 aromatic carbocycles. The summed E-state index contributed by atoms with van der Waals surface area (Å²) < 4.78 is 0. The second-order valence-corrected chi connectivity index (χ2v) is 12.6. The summed E-state index contributed by atoms with van der Waals surface area (Å²) in [6, 6.07) is 15.8. The fourth-order valence-corrected chi connectivity index (χ4v) is 5.37. The zero-order chi connectivity index (χ0) is 30.7. The lowest BCUT2D eigenvalue weighted by atomic mass is 9.78. The summed E-state index contributed by atoms with van der Waals surface area (Å²) >= 11 is 0. The van der Waals surface area contributed by atoms with Crippen LogP contribution in [0.15, 0.2) is 60.7 Å². The molecule has 0 saturated heterocycles. The quantitative estimate of drug-likeness (QED) is 0.156. The Labute approximate surface area is 242 Å². The van der Waals surface area contributed by atoms with E-state index in [0.717, 1.165) is 0 Å². The molecule has 4 aromatic rings. The van der Waals surface area contributed by atoms with Crippen molar-refractivity contribution in [3.05, 3.63) is 104 Å². The molecule has 5 rings (SSSR count). The molecule has 1 aliphatic carbocycles. The molecule has 9 nitrogen and oxygen atoms in total. The van der Waals surface area contributed by atoms with E-state index in [9.17, 15) is 29.6 Å². The topological polar surface area (TPSA) is 140 Å². The van der Waals surface area contributed by atoms with Crippen LogP contribution in [0, 0.1) is 10.1 Å². The van der Waals surface area contributed by atoms with Gasteiger partial charge in [0.15, 0.2) is 11.6 Å². The monoisotopic (exact) mass is 565 g/mol. The summed E-state index contributed by atoms with van der Waals surface area (Å²) in [6.45, 7) is 11.8. The number of aromatic hydroxyl groups is 1. The second-order valence-electron chi connectivity index (χ2n) is 12.6. The zero-order valence-electron chi connectivity index (χ0n) is 24.2. The molecule has 214 valence electrons. The number of ketones is 2. The lowest BCUT2D eigenvalue weighted by Gasteiger charge is -2.28. The number of pyridine rings is 1. The van der Waals surface area contributed by atoms with Crippen molar-refractivity contribution in [1.29, 1.82) is 0 Å². The molecule has 1 amide bonds. The maximum Gasteiger partial charge on any atom is 0.280 e. The number of nitro benzene ring substituents is 1. The van der Waals surface area contributed by atoms with Gasteiger partial charge < -0.3 is 10.4 Å². The van der Waals surface area contributed by atoms with Crippen LogP contribution in [0.1, 0.15) is 95.4 Å². The number of nitrogens with zero attached hydrogens (tertiary/aromatic N) is 2. The molecule has 2 N–H and O–H groups in total. The highest BCUT2D eigenvalue weighted by Gasteiger charge is 2.44. The molecule has 1 aromatic heterocycles. The third kappa shape index (κ3) is 4.81. The SMILES string of the molecule is CC(C)(C)c1cc(C(=O)Nc2cccc3ccc(C4C(=O)c5cccc([N+](=O)[O-])c5C4=O)nc23)cc(C(C)(C)C)c1O. The Morgan fingerprint density at radius 2 is 1.52 bits per heavy atom. The Morgan fingerprint density at radius 3 is 2.12 bits per heavy atom. The standard InChI is InChI=1S/C33H31N3O6/c1-32(2,3)20-15-18(16-21(29(20)38)33(4,5)6)31(40)35-23-11-7-9-17-13-14-22(34-27(17)23)26-28(37)19-10-8-12-24(36(41)42)25(19)30(26)39/h7-16,26,38H,1-6H3,(H,35,40). The minimum absolute atomic E-state index is 0.000630. The normalized spacial score (nSPS) is 15.1. The summed E-state index contributed by atoms with van der Waals surface area (Å²) in [4.78, 5) is 55.7. The minimum Gasteiger partial charge on any atom is -0.507 e. The van der Waals surface area contributed by atoms with Crippen molar-refractivity contribution in [2.24, 2.45) is 0 Å². The van der Waals surface area contributed by atoms with E-state index in [1.165, 1.54) is 18.2 Å². The molecule has 1 unspecified atom stereocenters. The number of hydrogen-bond donors (Lipinski definition) is 2. The lowest BCUT2D eigenvalue weighted by molar-refractivity contribution is -0.385. The van der Waals surface area contributed by atoms with E-state index >= 15 is 0 Å². The van der Waals surface area contributed by atoms with Crippen molar-refractivity contribution < 1.29 is 24.4 Å². The fraction of sp³-hybridized carbons (Fsp3) is 0.273. The Balaban J connectivity index is 1.56. The van der Waals surface area contributed by atoms with Gasteiger partial charge in [-0.15, -0.1) is 0 Å². The first-order chi connectivity index (χ1) is 19.6. The smallest absolute Gasteiger partial charge is 0.280 e. The first-order valence-electron chi connectivity index (χ1n) is 13.5. The summed E-state index contributed by atoms with van der Waals surface area (Å²) in [6.07, 6.45) is 0. The number of anilines is 1. The number of phenols is 1. The van der Waals surface area contributed by atoms with Gasteiger partial charge in [-0.05, 0) is 35.1 Å². The van der Waals surface area contributed by atoms with Crippen LogP contribution in [0.25, 0.3) is 10.9 Å². The van der Waals surface area contributed by atoms with Crippen molar-refractivity contribution >= 4 is 39.8 Å². The molecule has 0 fully saturated rings. The first-order valence-corrected chi connectivity index (χ1v) is 13.5. The number of para-hydroxylation sites is 1. The number of aromatic nitrogens is 1. The maximum absolute atomic E-state index is 13.6. The third-order valence-corrected chi connectivity index (χ3v) is 7.55. The molecule has 0 aliphatic heterocycles. The molecular formula is C33H31N3O6. The second kappa shape index (κ2) is 9.87. The minimum atomic E-state index is -1.32. The van der Waals surface area contributed by atoms with Crippen LogP contribution >= 0.6 is 0 Å². The van der Waals surface area contributed by atoms with Crippen molar-refractivity contribution in [2.45, 2.75) is 58.3 Å². The maximum atomic E-state index is 13.6. The molecule has 0 bridgehead atoms. The molecule has 0 saturated carbocycles. The van der Waals surface area contributed by atoms with Crippen molar-refractivity contribution in [3.63, 3.8) is 0 Å². The third-order valence-electron chi connectivity index (χ3n) is 7.55. The Kier molecular flexibility index (Phi) is 6.72. The number of rotatable bonds is 4.